The number of aromatic nitrogens is 2. The highest BCUT2D eigenvalue weighted by molar-refractivity contribution is 6.05. The Morgan fingerprint density at radius 2 is 1.56 bits per heavy atom. The van der Waals surface area contributed by atoms with E-state index in [1.54, 1.807) is 18.2 Å². The van der Waals surface area contributed by atoms with Gasteiger partial charge in [-0.05, 0) is 73.9 Å². The normalized spacial score (nSPS) is 19.1. The molecule has 0 radical (unpaired) electrons. The Hall–Kier alpha value is -6.38. The van der Waals surface area contributed by atoms with Gasteiger partial charge in [0.15, 0.2) is 0 Å². The van der Waals surface area contributed by atoms with E-state index in [-0.39, 0.29) is 42.1 Å². The largest absolute Gasteiger partial charge is 0.508 e. The van der Waals surface area contributed by atoms with Gasteiger partial charge in [-0.1, -0.05) is 30.8 Å². The summed E-state index contributed by atoms with van der Waals surface area (Å²) < 4.78 is 35.6. The Labute approximate surface area is 419 Å². The molecule has 3 aromatic carbocycles. The van der Waals surface area contributed by atoms with Crippen molar-refractivity contribution < 1.29 is 52.7 Å². The average molecular weight is 991 g/mol. The quantitative estimate of drug-likeness (QED) is 0.0654. The molecule has 2 N–H and O–H groups in total. The second kappa shape index (κ2) is 23.9. The van der Waals surface area contributed by atoms with Crippen molar-refractivity contribution in [3.05, 3.63) is 89.6 Å². The summed E-state index contributed by atoms with van der Waals surface area (Å²) in [6, 6.07) is 16.7. The van der Waals surface area contributed by atoms with Gasteiger partial charge in [0.05, 0.1) is 64.6 Å². The summed E-state index contributed by atoms with van der Waals surface area (Å²) in [5.41, 5.74) is 4.30. The topological polar surface area (TPSA) is 198 Å². The fraction of sp³-hybridized carbons (Fsp3) is 0.509. The van der Waals surface area contributed by atoms with Gasteiger partial charge in [-0.25, -0.2) is 0 Å². The Morgan fingerprint density at radius 3 is 2.31 bits per heavy atom. The third-order valence-electron chi connectivity index (χ3n) is 13.9. The monoisotopic (exact) mass is 990 g/mol. The summed E-state index contributed by atoms with van der Waals surface area (Å²) in [5.74, 6) is 0.693. The van der Waals surface area contributed by atoms with E-state index in [4.69, 9.17) is 38.4 Å². The zero-order chi connectivity index (χ0) is 50.0. The fourth-order valence-corrected chi connectivity index (χ4v) is 10.2. The second-order valence-electron chi connectivity index (χ2n) is 18.8. The van der Waals surface area contributed by atoms with Crippen molar-refractivity contribution in [2.45, 2.75) is 70.4 Å². The number of imide groups is 1. The van der Waals surface area contributed by atoms with Crippen molar-refractivity contribution in [3.63, 3.8) is 0 Å². The van der Waals surface area contributed by atoms with Crippen LogP contribution in [-0.2, 0) is 52.8 Å². The van der Waals surface area contributed by atoms with Gasteiger partial charge in [0.2, 0.25) is 17.7 Å². The van der Waals surface area contributed by atoms with Crippen LogP contribution in [-0.4, -0.2) is 177 Å². The first kappa shape index (κ1) is 50.6. The molecule has 2 atom stereocenters. The van der Waals surface area contributed by atoms with Crippen LogP contribution in [0, 0.1) is 0 Å². The van der Waals surface area contributed by atoms with Crippen molar-refractivity contribution in [1.82, 2.24) is 30.0 Å². The Kier molecular flexibility index (Phi) is 16.8. The van der Waals surface area contributed by atoms with E-state index in [1.165, 1.54) is 11.0 Å². The van der Waals surface area contributed by atoms with Crippen molar-refractivity contribution in [3.8, 4) is 17.5 Å². The highest BCUT2D eigenvalue weighted by Gasteiger charge is 2.39. The van der Waals surface area contributed by atoms with Crippen LogP contribution in [0.3, 0.4) is 0 Å². The van der Waals surface area contributed by atoms with Crippen LogP contribution in [0.5, 0.6) is 17.5 Å². The molecule has 0 spiro atoms. The van der Waals surface area contributed by atoms with Gasteiger partial charge in [0.1, 0.15) is 36.1 Å². The molecule has 6 heterocycles. The molecule has 9 rings (SSSR count). The number of likely N-dealkylation sites (tertiary alicyclic amines) is 1. The summed E-state index contributed by atoms with van der Waals surface area (Å²) in [6.45, 7) is 15.7. The first-order chi connectivity index (χ1) is 35.1. The Morgan fingerprint density at radius 1 is 0.819 bits per heavy atom. The zero-order valence-electron chi connectivity index (χ0n) is 41.1. The van der Waals surface area contributed by atoms with E-state index in [1.807, 2.05) is 35.2 Å². The van der Waals surface area contributed by atoms with Crippen LogP contribution >= 0.6 is 0 Å². The van der Waals surface area contributed by atoms with Crippen LogP contribution in [0.2, 0.25) is 0 Å². The third-order valence-corrected chi connectivity index (χ3v) is 13.9. The van der Waals surface area contributed by atoms with Gasteiger partial charge < -0.3 is 53.1 Å². The third kappa shape index (κ3) is 12.4. The molecule has 0 aliphatic carbocycles. The van der Waals surface area contributed by atoms with Crippen LogP contribution in [0.4, 0.5) is 11.5 Å². The number of rotatable bonds is 22. The number of carbonyl (C=O) groups is 4. The summed E-state index contributed by atoms with van der Waals surface area (Å²) in [4.78, 5) is 69.5. The predicted molar refractivity (Wildman–Crippen MR) is 267 cm³/mol. The van der Waals surface area contributed by atoms with Crippen LogP contribution < -0.4 is 24.6 Å². The van der Waals surface area contributed by atoms with Crippen LogP contribution in [0.25, 0.3) is 10.8 Å². The van der Waals surface area contributed by atoms with Crippen molar-refractivity contribution in [2.75, 3.05) is 115 Å². The molecule has 0 saturated carbocycles. The molecule has 5 aliphatic rings. The van der Waals surface area contributed by atoms with E-state index < -0.39 is 11.9 Å². The number of anilines is 2. The SMILES string of the molecule is C=CC(=O)N1CCN(c2nc(O[C@H](C)CN3CCC(OCCOCCOCCOCCOc4ccc5c(c4)CN(C4CCC(=O)NC4=O)C5=O)CC3)nc3c2CCN(c2cc(O)cc4ccccc24)C3)CC1. The predicted octanol–water partition coefficient (Wildman–Crippen LogP) is 3.87. The number of phenols is 1. The number of amides is 4. The number of hydrogen-bond acceptors (Lipinski definition) is 16. The number of carbonyl (C=O) groups excluding carboxylic acids is 4. The van der Waals surface area contributed by atoms with Crippen LogP contribution in [0.15, 0.2) is 67.3 Å². The smallest absolute Gasteiger partial charge is 0.318 e. The molecule has 1 unspecified atom stereocenters. The van der Waals surface area contributed by atoms with Crippen molar-refractivity contribution in [2.24, 2.45) is 0 Å². The van der Waals surface area contributed by atoms with E-state index >= 15 is 0 Å². The standard InChI is InChI=1S/C53H66N8O11/c1-3-49(64)58-18-20-59(21-19-58)50-44-14-17-60(47-32-39(62)30-37-6-4-5-7-42(37)47)35-45(44)54-53(56-50)72-36(2)33-57-15-12-40(13-16-57)70-28-26-68-24-22-67-23-25-69-27-29-71-41-8-9-43-38(31-41)34-61(52(43)66)46-10-11-48(63)55-51(46)65/h3-9,30-32,36,40,46,62H,1,10-29,33-35H2,2H3,(H,55,63,65)/t36-,46?/m1/s1. The molecule has 4 amide bonds. The van der Waals surface area contributed by atoms with Gasteiger partial charge in [0, 0.05) is 93.6 Å². The van der Waals surface area contributed by atoms with E-state index in [0.717, 1.165) is 84.5 Å². The summed E-state index contributed by atoms with van der Waals surface area (Å²) in [7, 11) is 0. The first-order valence-electron chi connectivity index (χ1n) is 25.3. The maximum Gasteiger partial charge on any atom is 0.318 e. The highest BCUT2D eigenvalue weighted by atomic mass is 16.6. The van der Waals surface area contributed by atoms with E-state index in [2.05, 4.69) is 39.6 Å². The second-order valence-corrected chi connectivity index (χ2v) is 18.8. The van der Waals surface area contributed by atoms with E-state index in [9.17, 15) is 24.3 Å². The number of fused-ring (bicyclic) bond motifs is 3. The lowest BCUT2D eigenvalue weighted by Crippen LogP contribution is -2.52. The van der Waals surface area contributed by atoms with Gasteiger partial charge in [-0.2, -0.15) is 9.97 Å². The molecule has 384 valence electrons. The summed E-state index contributed by atoms with van der Waals surface area (Å²) >= 11 is 0. The maximum absolute atomic E-state index is 12.9. The molecule has 0 bridgehead atoms. The first-order valence-corrected chi connectivity index (χ1v) is 25.3. The Bertz CT molecular complexity index is 2580. The minimum atomic E-state index is -0.651. The minimum absolute atomic E-state index is 0.0601. The molecule has 3 fully saturated rings. The zero-order valence-corrected chi connectivity index (χ0v) is 41.1. The number of nitrogens with one attached hydrogen (secondary N) is 1. The number of nitrogens with zero attached hydrogens (tertiary/aromatic N) is 7. The van der Waals surface area contributed by atoms with Gasteiger partial charge in [-0.15, -0.1) is 0 Å². The lowest BCUT2D eigenvalue weighted by atomic mass is 10.0. The number of ether oxygens (including phenoxy) is 6. The molecular weight excluding hydrogens is 925 g/mol. The van der Waals surface area contributed by atoms with Crippen molar-refractivity contribution in [1.29, 1.82) is 0 Å². The van der Waals surface area contributed by atoms with Gasteiger partial charge in [-0.3, -0.25) is 29.4 Å². The van der Waals surface area contributed by atoms with Crippen molar-refractivity contribution >= 4 is 45.9 Å². The minimum Gasteiger partial charge on any atom is -0.508 e. The number of aromatic hydroxyl groups is 1. The number of phenolic OH excluding ortho intramolecular Hbond substituents is 1. The lowest BCUT2D eigenvalue weighted by Gasteiger charge is -2.38. The lowest BCUT2D eigenvalue weighted by molar-refractivity contribution is -0.137. The molecular formula is C53H66N8O11. The Balaban J connectivity index is 0.646. The molecule has 72 heavy (non-hydrogen) atoms. The van der Waals surface area contributed by atoms with Gasteiger partial charge in [0.25, 0.3) is 5.91 Å². The van der Waals surface area contributed by atoms with E-state index in [0.29, 0.717) is 116 Å². The molecule has 1 aromatic heterocycles. The summed E-state index contributed by atoms with van der Waals surface area (Å²) in [5, 5.41) is 15.0. The average Bonchev–Trinajstić information content (AvgIpc) is 3.71. The number of benzene rings is 3. The number of hydrogen-bond donors (Lipinski definition) is 2. The molecule has 19 heteroatoms. The molecule has 19 nitrogen and oxygen atoms in total. The molecule has 3 saturated heterocycles. The van der Waals surface area contributed by atoms with Crippen LogP contribution in [0.1, 0.15) is 59.8 Å². The highest BCUT2D eigenvalue weighted by Crippen LogP contribution is 2.37. The van der Waals surface area contributed by atoms with Gasteiger partial charge >= 0.3 is 6.01 Å². The molecule has 4 aromatic rings. The number of piperidine rings is 2. The fourth-order valence-electron chi connectivity index (χ4n) is 10.2. The summed E-state index contributed by atoms with van der Waals surface area (Å²) in [6.07, 6.45) is 4.47. The maximum atomic E-state index is 12.9. The molecule has 5 aliphatic heterocycles. The number of piperazine rings is 1.